The molecule has 0 fully saturated rings. The average Bonchev–Trinajstić information content (AvgIpc) is 2.19. The molecule has 4 heteroatoms. The van der Waals surface area contributed by atoms with Crippen molar-refractivity contribution in [2.24, 2.45) is 5.73 Å². The summed E-state index contributed by atoms with van der Waals surface area (Å²) in [5, 5.41) is 0. The number of rotatable bonds is 3. The van der Waals surface area contributed by atoms with Crippen LogP contribution < -0.4 is 10.6 Å². The number of anilines is 1. The van der Waals surface area contributed by atoms with Gasteiger partial charge >= 0.3 is 0 Å². The Balaban J connectivity index is 3.23. The zero-order valence-corrected chi connectivity index (χ0v) is 9.67. The van der Waals surface area contributed by atoms with Crippen molar-refractivity contribution in [1.29, 1.82) is 0 Å². The molecule has 0 aliphatic rings. The van der Waals surface area contributed by atoms with Crippen molar-refractivity contribution in [3.63, 3.8) is 0 Å². The molecular weight excluding hydrogens is 210 g/mol. The van der Waals surface area contributed by atoms with Crippen molar-refractivity contribution in [2.75, 3.05) is 19.0 Å². The Morgan fingerprint density at radius 1 is 1.31 bits per heavy atom. The molecule has 1 aromatic carbocycles. The molecule has 0 saturated heterocycles. The summed E-state index contributed by atoms with van der Waals surface area (Å²) in [6, 6.07) is 2.53. The van der Waals surface area contributed by atoms with Crippen LogP contribution in [0.3, 0.4) is 0 Å². The van der Waals surface area contributed by atoms with Crippen LogP contribution in [0.25, 0.3) is 6.08 Å². The molecule has 0 amide bonds. The summed E-state index contributed by atoms with van der Waals surface area (Å²) in [6.07, 6.45) is 3.43. The van der Waals surface area contributed by atoms with Crippen molar-refractivity contribution in [3.8, 4) is 0 Å². The average molecular weight is 226 g/mol. The third-order valence-corrected chi connectivity index (χ3v) is 2.13. The summed E-state index contributed by atoms with van der Waals surface area (Å²) < 4.78 is 26.6. The smallest absolute Gasteiger partial charge is 0.182 e. The molecule has 1 aromatic rings. The van der Waals surface area contributed by atoms with Gasteiger partial charge in [0.1, 0.15) is 0 Å². The predicted molar refractivity (Wildman–Crippen MR) is 63.4 cm³/mol. The largest absolute Gasteiger partial charge is 0.375 e. The highest BCUT2D eigenvalue weighted by Crippen LogP contribution is 2.26. The van der Waals surface area contributed by atoms with Crippen molar-refractivity contribution in [3.05, 3.63) is 35.4 Å². The molecular formula is C12H16F2N2. The first kappa shape index (κ1) is 12.6. The number of hydrogen-bond acceptors (Lipinski definition) is 2. The second-order valence-electron chi connectivity index (χ2n) is 3.91. The first-order chi connectivity index (χ1) is 7.43. The molecule has 1 rings (SSSR count). The summed E-state index contributed by atoms with van der Waals surface area (Å²) in [4.78, 5) is 1.54. The van der Waals surface area contributed by atoms with Gasteiger partial charge in [-0.05, 0) is 19.1 Å². The maximum atomic E-state index is 13.6. The first-order valence-electron chi connectivity index (χ1n) is 5.02. The Morgan fingerprint density at radius 2 is 1.94 bits per heavy atom. The Labute approximate surface area is 94.4 Å². The van der Waals surface area contributed by atoms with Crippen LogP contribution in [0.15, 0.2) is 18.2 Å². The van der Waals surface area contributed by atoms with Crippen molar-refractivity contribution < 1.29 is 8.78 Å². The summed E-state index contributed by atoms with van der Waals surface area (Å²) in [5.41, 5.74) is 6.41. The molecule has 88 valence electrons. The maximum absolute atomic E-state index is 13.6. The van der Waals surface area contributed by atoms with Gasteiger partial charge in [-0.3, -0.25) is 0 Å². The van der Waals surface area contributed by atoms with Crippen LogP contribution in [0.2, 0.25) is 0 Å². The van der Waals surface area contributed by atoms with E-state index in [2.05, 4.69) is 0 Å². The highest BCUT2D eigenvalue weighted by Gasteiger charge is 2.13. The van der Waals surface area contributed by atoms with Crippen LogP contribution in [0, 0.1) is 11.6 Å². The fourth-order valence-electron chi connectivity index (χ4n) is 1.40. The molecule has 0 spiro atoms. The molecule has 1 atom stereocenters. The van der Waals surface area contributed by atoms with Crippen molar-refractivity contribution in [2.45, 2.75) is 13.0 Å². The molecule has 0 heterocycles. The Kier molecular flexibility index (Phi) is 4.01. The summed E-state index contributed by atoms with van der Waals surface area (Å²) >= 11 is 0. The molecule has 0 aliphatic carbocycles. The van der Waals surface area contributed by atoms with Crippen LogP contribution in [-0.4, -0.2) is 20.1 Å². The number of nitrogens with zero attached hydrogens (tertiary/aromatic N) is 1. The fraction of sp³-hybridized carbons (Fsp3) is 0.333. The van der Waals surface area contributed by atoms with Crippen LogP contribution in [-0.2, 0) is 0 Å². The van der Waals surface area contributed by atoms with E-state index in [1.165, 1.54) is 6.07 Å². The lowest BCUT2D eigenvalue weighted by atomic mass is 10.1. The van der Waals surface area contributed by atoms with Gasteiger partial charge in [-0.1, -0.05) is 12.2 Å². The minimum Gasteiger partial charge on any atom is -0.375 e. The second-order valence-corrected chi connectivity index (χ2v) is 3.91. The van der Waals surface area contributed by atoms with Gasteiger partial charge in [0.2, 0.25) is 0 Å². The van der Waals surface area contributed by atoms with Crippen LogP contribution in [0.5, 0.6) is 0 Å². The van der Waals surface area contributed by atoms with Gasteiger partial charge in [0, 0.05) is 25.7 Å². The Morgan fingerprint density at radius 3 is 2.44 bits per heavy atom. The summed E-state index contributed by atoms with van der Waals surface area (Å²) in [7, 11) is 3.34. The van der Waals surface area contributed by atoms with Crippen LogP contribution >= 0.6 is 0 Å². The highest BCUT2D eigenvalue weighted by atomic mass is 19.2. The number of benzene rings is 1. The van der Waals surface area contributed by atoms with E-state index in [4.69, 9.17) is 5.73 Å². The normalized spacial score (nSPS) is 13.1. The van der Waals surface area contributed by atoms with E-state index >= 15 is 0 Å². The van der Waals surface area contributed by atoms with Crippen molar-refractivity contribution >= 4 is 11.8 Å². The number of halogens is 2. The van der Waals surface area contributed by atoms with Gasteiger partial charge in [-0.2, -0.15) is 0 Å². The van der Waals surface area contributed by atoms with E-state index in [9.17, 15) is 8.78 Å². The molecule has 2 N–H and O–H groups in total. The lowest BCUT2D eigenvalue weighted by Crippen LogP contribution is -2.14. The lowest BCUT2D eigenvalue weighted by Gasteiger charge is -2.17. The lowest BCUT2D eigenvalue weighted by molar-refractivity contribution is 0.508. The van der Waals surface area contributed by atoms with E-state index in [0.717, 1.165) is 6.07 Å². The van der Waals surface area contributed by atoms with E-state index < -0.39 is 11.6 Å². The molecule has 1 unspecified atom stereocenters. The minimum absolute atomic E-state index is 0.122. The highest BCUT2D eigenvalue weighted by molar-refractivity contribution is 5.68. The fourth-order valence-corrected chi connectivity index (χ4v) is 1.40. The van der Waals surface area contributed by atoms with E-state index in [1.807, 2.05) is 6.92 Å². The zero-order valence-electron chi connectivity index (χ0n) is 9.67. The van der Waals surface area contributed by atoms with Gasteiger partial charge in [-0.15, -0.1) is 0 Å². The quantitative estimate of drug-likeness (QED) is 0.857. The molecule has 0 saturated carbocycles. The first-order valence-corrected chi connectivity index (χ1v) is 5.02. The number of nitrogens with two attached hydrogens (primary N) is 1. The van der Waals surface area contributed by atoms with E-state index in [1.54, 1.807) is 31.1 Å². The van der Waals surface area contributed by atoms with Gasteiger partial charge in [-0.25, -0.2) is 8.78 Å². The van der Waals surface area contributed by atoms with E-state index in [0.29, 0.717) is 5.56 Å². The number of hydrogen-bond donors (Lipinski definition) is 1. The molecule has 0 radical (unpaired) electrons. The van der Waals surface area contributed by atoms with E-state index in [-0.39, 0.29) is 11.7 Å². The standard InChI is InChI=1S/C12H16F2N2/c1-8(15)4-5-9-6-7-10(13)11(14)12(9)16(2)3/h4-8H,15H2,1-3H3/b5-4+. The molecule has 0 aromatic heterocycles. The third kappa shape index (κ3) is 2.79. The monoisotopic (exact) mass is 226 g/mol. The maximum Gasteiger partial charge on any atom is 0.182 e. The minimum atomic E-state index is -0.846. The third-order valence-electron chi connectivity index (χ3n) is 2.13. The van der Waals surface area contributed by atoms with Gasteiger partial charge in [0.15, 0.2) is 11.6 Å². The zero-order chi connectivity index (χ0) is 12.3. The SMILES string of the molecule is CC(N)/C=C/c1ccc(F)c(F)c1N(C)C. The molecule has 0 aliphatic heterocycles. The molecule has 2 nitrogen and oxygen atoms in total. The van der Waals surface area contributed by atoms with Gasteiger partial charge < -0.3 is 10.6 Å². The summed E-state index contributed by atoms with van der Waals surface area (Å²) in [6.45, 7) is 1.81. The summed E-state index contributed by atoms with van der Waals surface area (Å²) in [5.74, 6) is -1.68. The van der Waals surface area contributed by atoms with Gasteiger partial charge in [0.05, 0.1) is 5.69 Å². The topological polar surface area (TPSA) is 29.3 Å². The molecule has 0 bridgehead atoms. The Hall–Kier alpha value is -1.42. The predicted octanol–water partition coefficient (Wildman–Crippen LogP) is 2.39. The second kappa shape index (κ2) is 5.07. The van der Waals surface area contributed by atoms with Gasteiger partial charge in [0.25, 0.3) is 0 Å². The molecule has 16 heavy (non-hydrogen) atoms. The van der Waals surface area contributed by atoms with Crippen LogP contribution in [0.4, 0.5) is 14.5 Å². The Bertz CT molecular complexity index is 398. The van der Waals surface area contributed by atoms with Crippen LogP contribution in [0.1, 0.15) is 12.5 Å². The van der Waals surface area contributed by atoms with Crippen molar-refractivity contribution in [1.82, 2.24) is 0 Å².